The molecule has 2 bridgehead atoms. The van der Waals surface area contributed by atoms with E-state index in [0.717, 1.165) is 85.7 Å². The highest BCUT2D eigenvalue weighted by atomic mass is 16.1. The van der Waals surface area contributed by atoms with Crippen LogP contribution in [-0.2, 0) is 11.2 Å². The van der Waals surface area contributed by atoms with Crippen LogP contribution in [0.2, 0.25) is 0 Å². The number of carbonyl (C=O) groups excluding carboxylic acids is 1. The number of nitrogens with zero attached hydrogens (tertiary/aromatic N) is 5. The molecule has 0 saturated heterocycles. The van der Waals surface area contributed by atoms with Gasteiger partial charge >= 0.3 is 0 Å². The van der Waals surface area contributed by atoms with Crippen LogP contribution in [0.4, 0.5) is 0 Å². The van der Waals surface area contributed by atoms with Gasteiger partial charge in [-0.2, -0.15) is 10.5 Å². The molecule has 3 heterocycles. The van der Waals surface area contributed by atoms with Crippen LogP contribution in [-0.4, -0.2) is 31.0 Å². The largest absolute Gasteiger partial charge is 0.350 e. The molecule has 174 valence electrons. The smallest absolute Gasteiger partial charge is 0.228 e. The summed E-state index contributed by atoms with van der Waals surface area (Å²) >= 11 is 0. The molecular weight excluding hydrogens is 426 g/mol. The molecule has 8 nitrogen and oxygen atoms in total. The fourth-order valence-electron chi connectivity index (χ4n) is 6.91. The molecule has 0 spiro atoms. The topological polar surface area (TPSA) is 123 Å². The molecule has 0 aromatic carbocycles. The van der Waals surface area contributed by atoms with Crippen molar-refractivity contribution in [1.82, 2.24) is 24.8 Å². The first-order valence-corrected chi connectivity index (χ1v) is 12.5. The summed E-state index contributed by atoms with van der Waals surface area (Å²) in [5.74, 6) is 1.23. The lowest BCUT2D eigenvalue weighted by Crippen LogP contribution is -2.46. The van der Waals surface area contributed by atoms with E-state index < -0.39 is 0 Å². The molecule has 2 N–H and O–H groups in total. The Morgan fingerprint density at radius 1 is 1.21 bits per heavy atom. The highest BCUT2D eigenvalue weighted by Crippen LogP contribution is 2.56. The lowest BCUT2D eigenvalue weighted by atomic mass is 9.84. The van der Waals surface area contributed by atoms with Gasteiger partial charge in [0.15, 0.2) is 0 Å². The molecule has 3 saturated carbocycles. The first kappa shape index (κ1) is 21.2. The second kappa shape index (κ2) is 7.84. The summed E-state index contributed by atoms with van der Waals surface area (Å²) in [6.07, 6.45) is 12.8. The third-order valence-corrected chi connectivity index (χ3v) is 8.67. The Bertz CT molecular complexity index is 1340. The number of carbonyl (C=O) groups is 1. The van der Waals surface area contributed by atoms with Crippen LogP contribution in [0.3, 0.4) is 0 Å². The molecule has 3 fully saturated rings. The van der Waals surface area contributed by atoms with Crippen molar-refractivity contribution in [3.05, 3.63) is 24.3 Å². The van der Waals surface area contributed by atoms with Crippen molar-refractivity contribution in [2.75, 3.05) is 0 Å². The minimum absolute atomic E-state index is 0.0105. The van der Waals surface area contributed by atoms with E-state index in [0.29, 0.717) is 12.3 Å². The van der Waals surface area contributed by atoms with Gasteiger partial charge in [-0.05, 0) is 69.8 Å². The number of aromatic amines is 1. The van der Waals surface area contributed by atoms with Crippen molar-refractivity contribution in [2.24, 2.45) is 11.3 Å². The van der Waals surface area contributed by atoms with Crippen LogP contribution in [0, 0.1) is 34.0 Å². The zero-order chi connectivity index (χ0) is 23.3. The van der Waals surface area contributed by atoms with Gasteiger partial charge in [-0.1, -0.05) is 0 Å². The molecule has 0 atom stereocenters. The number of imidazole rings is 1. The van der Waals surface area contributed by atoms with Crippen molar-refractivity contribution in [1.29, 1.82) is 10.5 Å². The van der Waals surface area contributed by atoms with Crippen LogP contribution < -0.4 is 5.32 Å². The average molecular weight is 456 g/mol. The van der Waals surface area contributed by atoms with Crippen LogP contribution in [0.5, 0.6) is 0 Å². The number of aromatic nitrogens is 4. The van der Waals surface area contributed by atoms with E-state index in [-0.39, 0.29) is 29.3 Å². The van der Waals surface area contributed by atoms with Gasteiger partial charge in [0, 0.05) is 29.6 Å². The van der Waals surface area contributed by atoms with Crippen molar-refractivity contribution in [3.63, 3.8) is 0 Å². The monoisotopic (exact) mass is 455 g/mol. The Morgan fingerprint density at radius 3 is 2.71 bits per heavy atom. The second-order valence-electron chi connectivity index (χ2n) is 10.7. The number of hydrogen-bond donors (Lipinski definition) is 2. The Morgan fingerprint density at radius 2 is 2.00 bits per heavy atom. The van der Waals surface area contributed by atoms with Gasteiger partial charge in [0.2, 0.25) is 5.91 Å². The van der Waals surface area contributed by atoms with Gasteiger partial charge in [-0.3, -0.25) is 4.79 Å². The summed E-state index contributed by atoms with van der Waals surface area (Å²) < 4.78 is 2.29. The summed E-state index contributed by atoms with van der Waals surface area (Å²) in [6, 6.07) is 7.13. The van der Waals surface area contributed by atoms with Gasteiger partial charge in [0.25, 0.3) is 0 Å². The molecule has 0 unspecified atom stereocenters. The number of amides is 1. The van der Waals surface area contributed by atoms with Gasteiger partial charge < -0.3 is 14.9 Å². The van der Waals surface area contributed by atoms with E-state index >= 15 is 0 Å². The number of hydrogen-bond acceptors (Lipinski definition) is 5. The SMILES string of the molecule is N#CC[C@H]1CC[C@H](n2c(CC(=O)NC34CCC(C#N)(CC3)C4)nc3cnc4[nH]ccc4c32)CC1. The summed E-state index contributed by atoms with van der Waals surface area (Å²) in [6.45, 7) is 0. The molecule has 8 heteroatoms. The minimum atomic E-state index is -0.242. The van der Waals surface area contributed by atoms with Gasteiger partial charge in [-0.15, -0.1) is 0 Å². The Kier molecular flexibility index (Phi) is 4.88. The number of fused-ring (bicyclic) bond motifs is 5. The highest BCUT2D eigenvalue weighted by molar-refractivity contribution is 6.01. The molecule has 1 amide bonds. The number of H-pyrrole nitrogens is 1. The van der Waals surface area contributed by atoms with E-state index in [4.69, 9.17) is 10.2 Å². The summed E-state index contributed by atoms with van der Waals surface area (Å²) in [7, 11) is 0. The van der Waals surface area contributed by atoms with E-state index in [9.17, 15) is 10.1 Å². The molecule has 3 aliphatic carbocycles. The van der Waals surface area contributed by atoms with Crippen LogP contribution in [0.1, 0.15) is 76.1 Å². The fraction of sp³-hybridized carbons (Fsp3) is 0.577. The Balaban J connectivity index is 1.31. The van der Waals surface area contributed by atoms with Gasteiger partial charge in [0.05, 0.1) is 35.7 Å². The van der Waals surface area contributed by atoms with E-state index in [2.05, 4.69) is 32.0 Å². The van der Waals surface area contributed by atoms with Crippen molar-refractivity contribution < 1.29 is 4.79 Å². The molecule has 3 aromatic heterocycles. The number of nitrogens with one attached hydrogen (secondary N) is 2. The summed E-state index contributed by atoms with van der Waals surface area (Å²) in [5.41, 5.74) is 2.22. The standard InChI is InChI=1S/C26H29N7O/c27-11-5-17-1-3-18(4-2-17)33-21(31-20-14-30-24-19(23(20)33)6-12-29-24)13-22(34)32-26-9-7-25(15-26,16-28)8-10-26/h6,12,14,17-18H,1-5,7-10,13,15H2,(H,29,30)(H,32,34)/t17-,18-,25?,26?. The molecule has 34 heavy (non-hydrogen) atoms. The lowest BCUT2D eigenvalue weighted by Gasteiger charge is -2.30. The second-order valence-corrected chi connectivity index (χ2v) is 10.7. The maximum Gasteiger partial charge on any atom is 0.228 e. The highest BCUT2D eigenvalue weighted by Gasteiger charge is 2.55. The quantitative estimate of drug-likeness (QED) is 0.588. The lowest BCUT2D eigenvalue weighted by molar-refractivity contribution is -0.122. The third-order valence-electron chi connectivity index (χ3n) is 8.67. The number of rotatable bonds is 5. The fourth-order valence-corrected chi connectivity index (χ4v) is 6.91. The molecule has 3 aromatic rings. The van der Waals surface area contributed by atoms with E-state index in [1.807, 2.05) is 12.3 Å². The van der Waals surface area contributed by atoms with Crippen LogP contribution in [0.15, 0.2) is 18.5 Å². The predicted molar refractivity (Wildman–Crippen MR) is 126 cm³/mol. The average Bonchev–Trinajstić information content (AvgIpc) is 3.60. The summed E-state index contributed by atoms with van der Waals surface area (Å²) in [5, 5.41) is 23.1. The first-order chi connectivity index (χ1) is 16.5. The molecule has 6 rings (SSSR count). The van der Waals surface area contributed by atoms with E-state index in [1.54, 1.807) is 6.20 Å². The maximum absolute atomic E-state index is 13.3. The first-order valence-electron chi connectivity index (χ1n) is 12.5. The molecular formula is C26H29N7O. The van der Waals surface area contributed by atoms with Crippen LogP contribution >= 0.6 is 0 Å². The molecule has 3 aliphatic rings. The maximum atomic E-state index is 13.3. The Hall–Kier alpha value is -3.39. The molecule has 0 radical (unpaired) electrons. The van der Waals surface area contributed by atoms with Gasteiger partial charge in [0.1, 0.15) is 17.0 Å². The van der Waals surface area contributed by atoms with Gasteiger partial charge in [-0.25, -0.2) is 9.97 Å². The normalized spacial score (nSPS) is 30.4. The zero-order valence-corrected chi connectivity index (χ0v) is 19.3. The van der Waals surface area contributed by atoms with Crippen molar-refractivity contribution in [2.45, 2.75) is 82.2 Å². The van der Waals surface area contributed by atoms with Crippen molar-refractivity contribution in [3.8, 4) is 12.1 Å². The summed E-state index contributed by atoms with van der Waals surface area (Å²) in [4.78, 5) is 25.9. The number of nitriles is 2. The number of pyridine rings is 1. The molecule has 0 aliphatic heterocycles. The zero-order valence-electron chi connectivity index (χ0n) is 19.3. The third kappa shape index (κ3) is 3.36. The predicted octanol–water partition coefficient (Wildman–Crippen LogP) is 4.44. The van der Waals surface area contributed by atoms with E-state index in [1.165, 1.54) is 0 Å². The van der Waals surface area contributed by atoms with Crippen molar-refractivity contribution >= 4 is 28.0 Å². The minimum Gasteiger partial charge on any atom is -0.350 e. The Labute approximate surface area is 198 Å². The van der Waals surface area contributed by atoms with Crippen LogP contribution in [0.25, 0.3) is 22.1 Å².